The number of unbranched alkanes of at least 4 members (excludes halogenated alkanes) is 40. The molecule has 0 saturated carbocycles. The Morgan fingerprint density at radius 2 is 0.495 bits per heavy atom. The van der Waals surface area contributed by atoms with E-state index in [2.05, 4.69) is 55.4 Å². The lowest BCUT2D eigenvalue weighted by atomic mass is 9.99. The minimum Gasteiger partial charge on any atom is -0.462 e. The molecule has 0 fully saturated rings. The van der Waals surface area contributed by atoms with Crippen LogP contribution in [0, 0.1) is 23.7 Å². The van der Waals surface area contributed by atoms with Crippen LogP contribution in [0.5, 0.6) is 0 Å². The monoisotopic (exact) mass is 1420 g/mol. The molecule has 0 aromatic rings. The summed E-state index contributed by atoms with van der Waals surface area (Å²) < 4.78 is 68.6. The van der Waals surface area contributed by atoms with E-state index < -0.39 is 97.5 Å². The SMILES string of the molecule is CCC(C)CCCCCCCCCCCCCCCCC(=O)O[C@H](COC(=O)CCCCCCCCCCCCCCCCC(C)C)COP(=O)(O)OCC(O)COP(=O)(O)OC[C@@H](COC(=O)CCCCCCCCCCC(C)C)OC(=O)CCCCCCCCCCC(C)C. The van der Waals surface area contributed by atoms with Gasteiger partial charge in [0.05, 0.1) is 26.4 Å². The van der Waals surface area contributed by atoms with E-state index >= 15 is 0 Å². The Labute approximate surface area is 594 Å². The summed E-state index contributed by atoms with van der Waals surface area (Å²) in [5.74, 6) is 0.970. The van der Waals surface area contributed by atoms with Gasteiger partial charge in [-0.2, -0.15) is 0 Å². The number of aliphatic hydroxyl groups is 1. The minimum absolute atomic E-state index is 0.104. The highest BCUT2D eigenvalue weighted by atomic mass is 31.2. The Hall–Kier alpha value is -1.94. The van der Waals surface area contributed by atoms with Gasteiger partial charge in [0.15, 0.2) is 12.2 Å². The van der Waals surface area contributed by atoms with Gasteiger partial charge in [-0.15, -0.1) is 0 Å². The summed E-state index contributed by atoms with van der Waals surface area (Å²) in [6.45, 7) is 14.2. The van der Waals surface area contributed by atoms with E-state index in [-0.39, 0.29) is 25.7 Å². The summed E-state index contributed by atoms with van der Waals surface area (Å²) >= 11 is 0. The lowest BCUT2D eigenvalue weighted by molar-refractivity contribution is -0.161. The van der Waals surface area contributed by atoms with E-state index in [0.29, 0.717) is 25.7 Å². The van der Waals surface area contributed by atoms with Crippen LogP contribution in [-0.4, -0.2) is 96.7 Å². The van der Waals surface area contributed by atoms with Crippen LogP contribution in [0.15, 0.2) is 0 Å². The van der Waals surface area contributed by atoms with Crippen molar-refractivity contribution in [2.75, 3.05) is 39.6 Å². The average molecular weight is 1420 g/mol. The number of phosphoric ester groups is 2. The number of hydrogen-bond donors (Lipinski definition) is 3. The molecule has 0 aliphatic heterocycles. The molecule has 0 rings (SSSR count). The third kappa shape index (κ3) is 70.9. The summed E-state index contributed by atoms with van der Waals surface area (Å²) in [7, 11) is -9.92. The number of rotatable bonds is 75. The summed E-state index contributed by atoms with van der Waals surface area (Å²) in [6.07, 6.45) is 52.8. The fourth-order valence-electron chi connectivity index (χ4n) is 11.9. The first-order valence-corrected chi connectivity index (χ1v) is 43.2. The molecule has 17 nitrogen and oxygen atoms in total. The molecule has 576 valence electrons. The highest BCUT2D eigenvalue weighted by Gasteiger charge is 2.30. The molecular weight excluding hydrogens is 1270 g/mol. The Bertz CT molecular complexity index is 1900. The molecule has 3 N–H and O–H groups in total. The van der Waals surface area contributed by atoms with Crippen LogP contribution in [-0.2, 0) is 65.4 Å². The van der Waals surface area contributed by atoms with Crippen molar-refractivity contribution in [3.8, 4) is 0 Å². The molecule has 0 spiro atoms. The lowest BCUT2D eigenvalue weighted by Crippen LogP contribution is -2.30. The zero-order valence-corrected chi connectivity index (χ0v) is 65.5. The van der Waals surface area contributed by atoms with E-state index in [1.54, 1.807) is 0 Å². The fourth-order valence-corrected chi connectivity index (χ4v) is 13.5. The molecule has 0 radical (unpaired) electrons. The Morgan fingerprint density at radius 3 is 0.732 bits per heavy atom. The topological polar surface area (TPSA) is 237 Å². The molecule has 0 aromatic carbocycles. The minimum atomic E-state index is -4.96. The summed E-state index contributed by atoms with van der Waals surface area (Å²) in [6, 6.07) is 0. The van der Waals surface area contributed by atoms with Crippen LogP contribution in [0.3, 0.4) is 0 Å². The van der Waals surface area contributed by atoms with Gasteiger partial charge in [0.2, 0.25) is 0 Å². The third-order valence-corrected chi connectivity index (χ3v) is 20.3. The van der Waals surface area contributed by atoms with Crippen LogP contribution in [0.2, 0.25) is 0 Å². The first kappa shape index (κ1) is 95.1. The number of hydrogen-bond acceptors (Lipinski definition) is 15. The summed E-state index contributed by atoms with van der Waals surface area (Å²) in [5.41, 5.74) is 0. The molecule has 4 unspecified atom stereocenters. The van der Waals surface area contributed by atoms with Gasteiger partial charge >= 0.3 is 39.5 Å². The molecule has 97 heavy (non-hydrogen) atoms. The second-order valence-corrected chi connectivity index (χ2v) is 32.7. The Morgan fingerprint density at radius 1 is 0.289 bits per heavy atom. The number of phosphoric acid groups is 2. The summed E-state index contributed by atoms with van der Waals surface area (Å²) in [4.78, 5) is 72.9. The van der Waals surface area contributed by atoms with Gasteiger partial charge in [-0.05, 0) is 49.4 Å². The Balaban J connectivity index is 5.25. The highest BCUT2D eigenvalue weighted by Crippen LogP contribution is 2.45. The van der Waals surface area contributed by atoms with Gasteiger partial charge in [0.25, 0.3) is 0 Å². The van der Waals surface area contributed by atoms with Gasteiger partial charge in [0, 0.05) is 25.7 Å². The van der Waals surface area contributed by atoms with Gasteiger partial charge in [-0.1, -0.05) is 344 Å². The maximum atomic E-state index is 13.1. The molecule has 0 aliphatic carbocycles. The predicted molar refractivity (Wildman–Crippen MR) is 395 cm³/mol. The van der Waals surface area contributed by atoms with Crippen molar-refractivity contribution >= 4 is 39.5 Å². The number of carbonyl (C=O) groups excluding carboxylic acids is 4. The largest absolute Gasteiger partial charge is 0.472 e. The van der Waals surface area contributed by atoms with Crippen molar-refractivity contribution in [1.82, 2.24) is 0 Å². The van der Waals surface area contributed by atoms with Crippen molar-refractivity contribution in [3.63, 3.8) is 0 Å². The number of ether oxygens (including phenoxy) is 4. The number of carbonyl (C=O) groups is 4. The van der Waals surface area contributed by atoms with Crippen LogP contribution in [0.25, 0.3) is 0 Å². The van der Waals surface area contributed by atoms with Crippen molar-refractivity contribution in [2.45, 2.75) is 414 Å². The first-order valence-electron chi connectivity index (χ1n) is 40.2. The zero-order valence-electron chi connectivity index (χ0n) is 63.7. The molecule has 19 heteroatoms. The van der Waals surface area contributed by atoms with Crippen LogP contribution in [0.4, 0.5) is 0 Å². The van der Waals surface area contributed by atoms with E-state index in [1.807, 2.05) is 0 Å². The standard InChI is InChI=1S/C78H152O17P2/c1-9-71(8)57-49-41-33-23-19-15-11-13-17-21-25-36-44-52-60-77(82)94-73(64-88-75(80)58-50-42-34-24-20-16-12-10-14-18-22-30-38-46-54-68(2)3)66-92-96(84,85)90-62-72(79)63-91-97(86,87)93-67-74(95-78(83)61-53-45-37-29-27-32-40-48-56-70(6)7)65-89-76(81)59-51-43-35-28-26-31-39-47-55-69(4)5/h68-74,79H,9-67H2,1-8H3,(H,84,85)(H,86,87)/t71?,72?,73-,74-/m1/s1. The molecule has 6 atom stereocenters. The van der Waals surface area contributed by atoms with Gasteiger partial charge < -0.3 is 33.8 Å². The quantitative estimate of drug-likeness (QED) is 0.0222. The average Bonchev–Trinajstić information content (AvgIpc) is 1.64. The second-order valence-electron chi connectivity index (χ2n) is 29.8. The van der Waals surface area contributed by atoms with Gasteiger partial charge in [-0.25, -0.2) is 9.13 Å². The molecule has 0 saturated heterocycles. The van der Waals surface area contributed by atoms with E-state index in [4.69, 9.17) is 37.0 Å². The first-order chi connectivity index (χ1) is 46.6. The van der Waals surface area contributed by atoms with E-state index in [9.17, 15) is 43.2 Å². The van der Waals surface area contributed by atoms with Gasteiger partial charge in [-0.3, -0.25) is 37.3 Å². The van der Waals surface area contributed by atoms with E-state index in [0.717, 1.165) is 114 Å². The lowest BCUT2D eigenvalue weighted by Gasteiger charge is -2.21. The molecule has 0 aliphatic rings. The second kappa shape index (κ2) is 67.2. The van der Waals surface area contributed by atoms with Crippen LogP contribution >= 0.6 is 15.6 Å². The third-order valence-electron chi connectivity index (χ3n) is 18.4. The fraction of sp³-hybridized carbons (Fsp3) is 0.949. The number of esters is 4. The van der Waals surface area contributed by atoms with Crippen molar-refractivity contribution in [2.24, 2.45) is 23.7 Å². The molecular formula is C78H152O17P2. The zero-order chi connectivity index (χ0) is 71.7. The Kier molecular flexibility index (Phi) is 65.9. The predicted octanol–water partition coefficient (Wildman–Crippen LogP) is 22.8. The molecule has 0 aromatic heterocycles. The van der Waals surface area contributed by atoms with Crippen LogP contribution in [0.1, 0.15) is 396 Å². The summed E-state index contributed by atoms with van der Waals surface area (Å²) in [5, 5.41) is 10.6. The molecule has 0 heterocycles. The normalized spacial score (nSPS) is 14.4. The molecule has 0 bridgehead atoms. The molecule has 0 amide bonds. The van der Waals surface area contributed by atoms with Crippen LogP contribution < -0.4 is 0 Å². The van der Waals surface area contributed by atoms with Crippen molar-refractivity contribution in [1.29, 1.82) is 0 Å². The van der Waals surface area contributed by atoms with E-state index in [1.165, 1.54) is 199 Å². The number of aliphatic hydroxyl groups excluding tert-OH is 1. The highest BCUT2D eigenvalue weighted by molar-refractivity contribution is 7.47. The maximum Gasteiger partial charge on any atom is 0.472 e. The smallest absolute Gasteiger partial charge is 0.462 e. The maximum absolute atomic E-state index is 13.1. The van der Waals surface area contributed by atoms with Crippen molar-refractivity contribution < 1.29 is 80.2 Å². The van der Waals surface area contributed by atoms with Gasteiger partial charge in [0.1, 0.15) is 19.3 Å². The van der Waals surface area contributed by atoms with Crippen molar-refractivity contribution in [3.05, 3.63) is 0 Å².